The summed E-state index contributed by atoms with van der Waals surface area (Å²) < 4.78 is 1.32. The van der Waals surface area contributed by atoms with E-state index in [0.29, 0.717) is 0 Å². The molecule has 0 radical (unpaired) electrons. The van der Waals surface area contributed by atoms with Gasteiger partial charge in [-0.3, -0.25) is 4.90 Å². The predicted molar refractivity (Wildman–Crippen MR) is 74.3 cm³/mol. The lowest BCUT2D eigenvalue weighted by Gasteiger charge is -2.16. The highest BCUT2D eigenvalue weighted by molar-refractivity contribution is 14.1. The first-order valence-electron chi connectivity index (χ1n) is 5.99. The van der Waals surface area contributed by atoms with E-state index in [-0.39, 0.29) is 0 Å². The van der Waals surface area contributed by atoms with Gasteiger partial charge in [0, 0.05) is 23.2 Å². The fourth-order valence-electron chi connectivity index (χ4n) is 2.93. The van der Waals surface area contributed by atoms with Crippen molar-refractivity contribution in [1.29, 1.82) is 0 Å². The Morgan fingerprint density at radius 2 is 1.75 bits per heavy atom. The summed E-state index contributed by atoms with van der Waals surface area (Å²) in [6.07, 6.45) is 0. The molecule has 0 amide bonds. The molecule has 2 atom stereocenters. The largest absolute Gasteiger partial charge is 0.316 e. The van der Waals surface area contributed by atoms with Gasteiger partial charge in [0.15, 0.2) is 0 Å². The summed E-state index contributed by atoms with van der Waals surface area (Å²) in [6, 6.07) is 8.92. The summed E-state index contributed by atoms with van der Waals surface area (Å²) in [6.45, 7) is 6.15. The van der Waals surface area contributed by atoms with Crippen LogP contribution in [0.1, 0.15) is 5.56 Å². The molecule has 2 fully saturated rings. The molecular weight excluding hydrogens is 311 g/mol. The molecular formula is C13H17IN2. The van der Waals surface area contributed by atoms with Crippen LogP contribution in [0, 0.1) is 15.4 Å². The van der Waals surface area contributed by atoms with Crippen LogP contribution >= 0.6 is 22.6 Å². The highest BCUT2D eigenvalue weighted by Crippen LogP contribution is 2.27. The van der Waals surface area contributed by atoms with Crippen molar-refractivity contribution in [1.82, 2.24) is 10.2 Å². The van der Waals surface area contributed by atoms with Crippen molar-refractivity contribution in [3.63, 3.8) is 0 Å². The topological polar surface area (TPSA) is 15.3 Å². The third kappa shape index (κ3) is 2.26. The highest BCUT2D eigenvalue weighted by atomic mass is 127. The minimum absolute atomic E-state index is 0.906. The van der Waals surface area contributed by atoms with E-state index >= 15 is 0 Å². The second kappa shape index (κ2) is 4.63. The number of nitrogens with zero attached hydrogens (tertiary/aromatic N) is 1. The number of hydrogen-bond acceptors (Lipinski definition) is 2. The van der Waals surface area contributed by atoms with E-state index in [4.69, 9.17) is 0 Å². The number of nitrogens with one attached hydrogen (secondary N) is 1. The molecule has 0 aromatic heterocycles. The summed E-state index contributed by atoms with van der Waals surface area (Å²) in [7, 11) is 0. The van der Waals surface area contributed by atoms with Crippen LogP contribution in [0.25, 0.3) is 0 Å². The zero-order chi connectivity index (χ0) is 11.0. The van der Waals surface area contributed by atoms with Gasteiger partial charge in [0.1, 0.15) is 0 Å². The van der Waals surface area contributed by atoms with Crippen LogP contribution in [-0.4, -0.2) is 31.1 Å². The van der Waals surface area contributed by atoms with E-state index in [2.05, 4.69) is 57.1 Å². The first-order chi connectivity index (χ1) is 7.81. The Hall–Kier alpha value is -0.130. The lowest BCUT2D eigenvalue weighted by Crippen LogP contribution is -2.25. The standard InChI is InChI=1S/C13H17IN2/c14-13-3-1-10(2-4-13)7-16-8-11-5-15-6-12(11)9-16/h1-4,11-12,15H,5-9H2/t11-,12+. The average molecular weight is 328 g/mol. The van der Waals surface area contributed by atoms with Crippen LogP contribution in [0.2, 0.25) is 0 Å². The lowest BCUT2D eigenvalue weighted by atomic mass is 10.0. The Balaban J connectivity index is 1.62. The van der Waals surface area contributed by atoms with Crippen LogP contribution in [0.3, 0.4) is 0 Å². The molecule has 0 aliphatic carbocycles. The molecule has 1 aromatic carbocycles. The van der Waals surface area contributed by atoms with E-state index in [1.165, 1.54) is 35.3 Å². The van der Waals surface area contributed by atoms with Crippen LogP contribution in [0.4, 0.5) is 0 Å². The molecule has 0 saturated carbocycles. The summed E-state index contributed by atoms with van der Waals surface area (Å²) in [4.78, 5) is 2.61. The summed E-state index contributed by atoms with van der Waals surface area (Å²) in [5, 5.41) is 3.49. The number of benzene rings is 1. The number of fused-ring (bicyclic) bond motifs is 1. The molecule has 16 heavy (non-hydrogen) atoms. The van der Waals surface area contributed by atoms with Gasteiger partial charge in [-0.25, -0.2) is 0 Å². The number of rotatable bonds is 2. The van der Waals surface area contributed by atoms with Gasteiger partial charge in [0.2, 0.25) is 0 Å². The zero-order valence-electron chi connectivity index (χ0n) is 9.32. The Kier molecular flexibility index (Phi) is 3.18. The van der Waals surface area contributed by atoms with Gasteiger partial charge in [0.25, 0.3) is 0 Å². The molecule has 2 nitrogen and oxygen atoms in total. The minimum Gasteiger partial charge on any atom is -0.316 e. The van der Waals surface area contributed by atoms with E-state index in [9.17, 15) is 0 Å². The molecule has 1 aromatic rings. The predicted octanol–water partition coefficient (Wildman–Crippen LogP) is 1.94. The molecule has 0 unspecified atom stereocenters. The van der Waals surface area contributed by atoms with Gasteiger partial charge in [0.05, 0.1) is 0 Å². The van der Waals surface area contributed by atoms with E-state index in [1.54, 1.807) is 0 Å². The molecule has 2 saturated heterocycles. The molecule has 1 N–H and O–H groups in total. The molecule has 0 bridgehead atoms. The lowest BCUT2D eigenvalue weighted by molar-refractivity contribution is 0.305. The second-order valence-electron chi connectivity index (χ2n) is 5.00. The van der Waals surface area contributed by atoms with E-state index in [0.717, 1.165) is 18.4 Å². The second-order valence-corrected chi connectivity index (χ2v) is 6.24. The Morgan fingerprint density at radius 3 is 2.38 bits per heavy atom. The Morgan fingerprint density at radius 1 is 1.12 bits per heavy atom. The third-order valence-corrected chi connectivity index (χ3v) is 4.50. The van der Waals surface area contributed by atoms with Crippen molar-refractivity contribution in [2.45, 2.75) is 6.54 Å². The number of hydrogen-bond donors (Lipinski definition) is 1. The van der Waals surface area contributed by atoms with Gasteiger partial charge in [-0.2, -0.15) is 0 Å². The Labute approximate surface area is 111 Å². The summed E-state index contributed by atoms with van der Waals surface area (Å²) in [5.41, 5.74) is 1.45. The summed E-state index contributed by atoms with van der Waals surface area (Å²) >= 11 is 2.36. The van der Waals surface area contributed by atoms with Crippen LogP contribution < -0.4 is 5.32 Å². The smallest absolute Gasteiger partial charge is 0.0234 e. The van der Waals surface area contributed by atoms with Crippen molar-refractivity contribution in [2.75, 3.05) is 26.2 Å². The molecule has 2 heterocycles. The first-order valence-corrected chi connectivity index (χ1v) is 7.06. The highest BCUT2D eigenvalue weighted by Gasteiger charge is 2.35. The Bertz CT molecular complexity index is 351. The number of likely N-dealkylation sites (tertiary alicyclic amines) is 1. The van der Waals surface area contributed by atoms with Crippen molar-refractivity contribution in [3.05, 3.63) is 33.4 Å². The molecule has 0 spiro atoms. The van der Waals surface area contributed by atoms with Crippen molar-refractivity contribution < 1.29 is 0 Å². The summed E-state index contributed by atoms with van der Waals surface area (Å²) in [5.74, 6) is 1.81. The maximum Gasteiger partial charge on any atom is 0.0234 e. The molecule has 3 rings (SSSR count). The minimum atomic E-state index is 0.906. The fraction of sp³-hybridized carbons (Fsp3) is 0.538. The van der Waals surface area contributed by atoms with Crippen LogP contribution in [0.5, 0.6) is 0 Å². The molecule has 2 aliphatic rings. The van der Waals surface area contributed by atoms with Crippen LogP contribution in [-0.2, 0) is 6.54 Å². The van der Waals surface area contributed by atoms with E-state index < -0.39 is 0 Å². The SMILES string of the molecule is Ic1ccc(CN2C[C@H]3CNC[C@H]3C2)cc1. The van der Waals surface area contributed by atoms with Crippen molar-refractivity contribution >= 4 is 22.6 Å². The molecule has 2 aliphatic heterocycles. The van der Waals surface area contributed by atoms with Gasteiger partial charge >= 0.3 is 0 Å². The third-order valence-electron chi connectivity index (χ3n) is 3.78. The van der Waals surface area contributed by atoms with Crippen LogP contribution in [0.15, 0.2) is 24.3 Å². The first kappa shape index (κ1) is 11.0. The fourth-order valence-corrected chi connectivity index (χ4v) is 3.29. The van der Waals surface area contributed by atoms with Crippen molar-refractivity contribution in [3.8, 4) is 0 Å². The quantitative estimate of drug-likeness (QED) is 0.835. The normalized spacial score (nSPS) is 29.6. The van der Waals surface area contributed by atoms with Crippen molar-refractivity contribution in [2.24, 2.45) is 11.8 Å². The van der Waals surface area contributed by atoms with Gasteiger partial charge in [-0.15, -0.1) is 0 Å². The molecule has 3 heteroatoms. The zero-order valence-corrected chi connectivity index (χ0v) is 11.5. The maximum atomic E-state index is 3.49. The van der Waals surface area contributed by atoms with E-state index in [1.807, 2.05) is 0 Å². The van der Waals surface area contributed by atoms with Gasteiger partial charge < -0.3 is 5.32 Å². The number of halogens is 1. The maximum absolute atomic E-state index is 3.49. The monoisotopic (exact) mass is 328 g/mol. The van der Waals surface area contributed by atoms with Gasteiger partial charge in [-0.05, 0) is 65.2 Å². The molecule has 86 valence electrons. The van der Waals surface area contributed by atoms with Gasteiger partial charge in [-0.1, -0.05) is 12.1 Å². The average Bonchev–Trinajstić information content (AvgIpc) is 2.81.